The highest BCUT2D eigenvalue weighted by Gasteiger charge is 2.20. The van der Waals surface area contributed by atoms with E-state index in [1.54, 1.807) is 0 Å². The molecule has 0 saturated carbocycles. The summed E-state index contributed by atoms with van der Waals surface area (Å²) in [6.07, 6.45) is 0. The van der Waals surface area contributed by atoms with Crippen LogP contribution in [-0.2, 0) is 11.3 Å². The van der Waals surface area contributed by atoms with Gasteiger partial charge in [0, 0.05) is 32.7 Å². The molecule has 1 N–H and O–H groups in total. The van der Waals surface area contributed by atoms with Gasteiger partial charge in [0.15, 0.2) is 0 Å². The average molecular weight is 296 g/mol. The molecule has 0 radical (unpaired) electrons. The van der Waals surface area contributed by atoms with Crippen molar-refractivity contribution < 1.29 is 14.3 Å². The van der Waals surface area contributed by atoms with Crippen LogP contribution < -0.4 is 0 Å². The van der Waals surface area contributed by atoms with E-state index in [9.17, 15) is 5.11 Å². The topological polar surface area (TPSA) is 49.1 Å². The Hall–Kier alpha value is -0.880. The number of nitrogens with zero attached hydrogens (tertiary/aromatic N) is 2. The highest BCUT2D eigenvalue weighted by atomic mass is 16.5. The lowest BCUT2D eigenvalue weighted by molar-refractivity contribution is 0.0124. The van der Waals surface area contributed by atoms with E-state index < -0.39 is 5.60 Å². The van der Waals surface area contributed by atoms with E-state index >= 15 is 0 Å². The zero-order valence-corrected chi connectivity index (χ0v) is 13.5. The summed E-state index contributed by atoms with van der Waals surface area (Å²) in [5.74, 6) is 1.89. The third-order valence-corrected chi connectivity index (χ3v) is 3.62. The van der Waals surface area contributed by atoms with E-state index in [1.807, 2.05) is 32.9 Å². The second-order valence-corrected chi connectivity index (χ2v) is 6.49. The molecule has 0 atom stereocenters. The van der Waals surface area contributed by atoms with Crippen molar-refractivity contribution in [3.63, 3.8) is 0 Å². The largest absolute Gasteiger partial charge is 0.465 e. The van der Waals surface area contributed by atoms with Crippen LogP contribution >= 0.6 is 0 Å². The zero-order valence-electron chi connectivity index (χ0n) is 13.5. The summed E-state index contributed by atoms with van der Waals surface area (Å²) >= 11 is 0. The third-order valence-electron chi connectivity index (χ3n) is 3.62. The molecule has 0 aliphatic carbocycles. The molecule has 1 aromatic rings. The van der Waals surface area contributed by atoms with Gasteiger partial charge in [-0.15, -0.1) is 0 Å². The van der Waals surface area contributed by atoms with Crippen LogP contribution in [0.5, 0.6) is 0 Å². The van der Waals surface area contributed by atoms with Gasteiger partial charge in [-0.1, -0.05) is 0 Å². The molecule has 0 bridgehead atoms. The number of ether oxygens (including phenoxy) is 1. The van der Waals surface area contributed by atoms with Gasteiger partial charge >= 0.3 is 0 Å². The lowest BCUT2D eigenvalue weighted by Crippen LogP contribution is -2.44. The fourth-order valence-electron chi connectivity index (χ4n) is 2.66. The van der Waals surface area contributed by atoms with Gasteiger partial charge < -0.3 is 14.3 Å². The molecular formula is C16H28N2O3. The molecule has 1 aliphatic heterocycles. The van der Waals surface area contributed by atoms with E-state index in [2.05, 4.69) is 9.80 Å². The van der Waals surface area contributed by atoms with Gasteiger partial charge in [0.25, 0.3) is 0 Å². The first-order valence-corrected chi connectivity index (χ1v) is 7.72. The van der Waals surface area contributed by atoms with Crippen LogP contribution in [0.25, 0.3) is 0 Å². The van der Waals surface area contributed by atoms with Crippen molar-refractivity contribution in [1.82, 2.24) is 9.80 Å². The van der Waals surface area contributed by atoms with Crippen LogP contribution in [0.3, 0.4) is 0 Å². The van der Waals surface area contributed by atoms with Crippen LogP contribution in [0.2, 0.25) is 0 Å². The van der Waals surface area contributed by atoms with Gasteiger partial charge in [-0.2, -0.15) is 0 Å². The minimum Gasteiger partial charge on any atom is -0.465 e. The summed E-state index contributed by atoms with van der Waals surface area (Å²) in [5, 5.41) is 10.1. The van der Waals surface area contributed by atoms with Crippen molar-refractivity contribution in [2.24, 2.45) is 0 Å². The molecule has 1 saturated heterocycles. The fraction of sp³-hybridized carbons (Fsp3) is 0.750. The first-order chi connectivity index (χ1) is 9.92. The molecule has 0 amide bonds. The summed E-state index contributed by atoms with van der Waals surface area (Å²) in [6, 6.07) is 4.00. The standard InChI is InChI=1S/C16H28N2O3/c1-14-4-5-15(21-14)12-18(13-16(2,3)19)7-6-17-8-10-20-11-9-17/h4-5,19H,6-13H2,1-3H3. The molecule has 1 aromatic heterocycles. The monoisotopic (exact) mass is 296 g/mol. The number of hydrogen-bond donors (Lipinski definition) is 1. The van der Waals surface area contributed by atoms with Crippen molar-refractivity contribution in [2.75, 3.05) is 45.9 Å². The molecular weight excluding hydrogens is 268 g/mol. The molecule has 2 heterocycles. The van der Waals surface area contributed by atoms with Crippen LogP contribution in [0, 0.1) is 6.92 Å². The van der Waals surface area contributed by atoms with Crippen LogP contribution in [0.4, 0.5) is 0 Å². The lowest BCUT2D eigenvalue weighted by Gasteiger charge is -2.32. The Morgan fingerprint density at radius 2 is 2.00 bits per heavy atom. The summed E-state index contributed by atoms with van der Waals surface area (Å²) in [5.41, 5.74) is -0.702. The van der Waals surface area contributed by atoms with E-state index in [4.69, 9.17) is 9.15 Å². The zero-order chi connectivity index (χ0) is 15.3. The Kier molecular flexibility index (Phi) is 5.81. The minimum absolute atomic E-state index is 0.636. The Bertz CT molecular complexity index is 419. The van der Waals surface area contributed by atoms with E-state index in [-0.39, 0.29) is 0 Å². The van der Waals surface area contributed by atoms with Crippen molar-refractivity contribution in [3.05, 3.63) is 23.7 Å². The van der Waals surface area contributed by atoms with Crippen LogP contribution in [-0.4, -0.2) is 66.4 Å². The number of morpholine rings is 1. The van der Waals surface area contributed by atoms with Crippen LogP contribution in [0.15, 0.2) is 16.5 Å². The minimum atomic E-state index is -0.702. The van der Waals surface area contributed by atoms with Gasteiger partial charge in [0.05, 0.1) is 25.4 Å². The second kappa shape index (κ2) is 7.40. The number of hydrogen-bond acceptors (Lipinski definition) is 5. The maximum absolute atomic E-state index is 10.1. The molecule has 1 fully saturated rings. The van der Waals surface area contributed by atoms with Crippen molar-refractivity contribution in [2.45, 2.75) is 32.9 Å². The van der Waals surface area contributed by atoms with Crippen molar-refractivity contribution in [3.8, 4) is 0 Å². The summed E-state index contributed by atoms with van der Waals surface area (Å²) in [6.45, 7) is 12.6. The smallest absolute Gasteiger partial charge is 0.118 e. The van der Waals surface area contributed by atoms with E-state index in [0.29, 0.717) is 6.54 Å². The Labute approximate surface area is 127 Å². The molecule has 0 unspecified atom stereocenters. The lowest BCUT2D eigenvalue weighted by atomic mass is 10.1. The first-order valence-electron chi connectivity index (χ1n) is 7.72. The van der Waals surface area contributed by atoms with Crippen molar-refractivity contribution >= 4 is 0 Å². The maximum Gasteiger partial charge on any atom is 0.118 e. The third kappa shape index (κ3) is 6.18. The van der Waals surface area contributed by atoms with Gasteiger partial charge in [0.2, 0.25) is 0 Å². The van der Waals surface area contributed by atoms with Gasteiger partial charge in [0.1, 0.15) is 11.5 Å². The average Bonchev–Trinajstić information content (AvgIpc) is 2.81. The SMILES string of the molecule is Cc1ccc(CN(CCN2CCOCC2)CC(C)(C)O)o1. The molecule has 1 aliphatic rings. The Morgan fingerprint density at radius 1 is 1.29 bits per heavy atom. The number of rotatable bonds is 7. The normalized spacial score (nSPS) is 17.6. The summed E-state index contributed by atoms with van der Waals surface area (Å²) in [4.78, 5) is 4.67. The van der Waals surface area contributed by atoms with E-state index in [1.165, 1.54) is 0 Å². The predicted octanol–water partition coefficient (Wildman–Crippen LogP) is 1.49. The summed E-state index contributed by atoms with van der Waals surface area (Å²) < 4.78 is 11.0. The maximum atomic E-state index is 10.1. The highest BCUT2D eigenvalue weighted by molar-refractivity contribution is 5.05. The van der Waals surface area contributed by atoms with Gasteiger partial charge in [-0.3, -0.25) is 9.80 Å². The Balaban J connectivity index is 1.88. The number of aliphatic hydroxyl groups is 1. The van der Waals surface area contributed by atoms with Crippen LogP contribution in [0.1, 0.15) is 25.4 Å². The summed E-state index contributed by atoms with van der Waals surface area (Å²) in [7, 11) is 0. The van der Waals surface area contributed by atoms with Gasteiger partial charge in [-0.25, -0.2) is 0 Å². The number of furan rings is 1. The fourth-order valence-corrected chi connectivity index (χ4v) is 2.66. The molecule has 120 valence electrons. The first kappa shape index (κ1) is 16.5. The molecule has 0 spiro atoms. The molecule has 0 aromatic carbocycles. The van der Waals surface area contributed by atoms with Crippen molar-refractivity contribution in [1.29, 1.82) is 0 Å². The highest BCUT2D eigenvalue weighted by Crippen LogP contribution is 2.13. The molecule has 21 heavy (non-hydrogen) atoms. The van der Waals surface area contributed by atoms with Gasteiger partial charge in [-0.05, 0) is 32.9 Å². The second-order valence-electron chi connectivity index (χ2n) is 6.49. The predicted molar refractivity (Wildman–Crippen MR) is 82.3 cm³/mol. The molecule has 5 heteroatoms. The quantitative estimate of drug-likeness (QED) is 0.826. The number of aryl methyl sites for hydroxylation is 1. The molecule has 5 nitrogen and oxygen atoms in total. The molecule has 2 rings (SSSR count). The van der Waals surface area contributed by atoms with E-state index in [0.717, 1.165) is 57.5 Å². The Morgan fingerprint density at radius 3 is 2.57 bits per heavy atom.